The molecular weight excluding hydrogens is 710 g/mol. The number of benzene rings is 2. The highest BCUT2D eigenvalue weighted by Gasteiger charge is 2.54. The third kappa shape index (κ3) is 15.0. The third-order valence-corrected chi connectivity index (χ3v) is 7.87. The summed E-state index contributed by atoms with van der Waals surface area (Å²) in [5, 5.41) is 15.1. The minimum absolute atomic E-state index is 0.0650. The number of carbonyl (C=O) groups excluding carboxylic acids is 3. The molecule has 0 saturated carbocycles. The largest absolute Gasteiger partial charge is 0.506 e. The van der Waals surface area contributed by atoms with Crippen molar-refractivity contribution >= 4 is 40.0 Å². The van der Waals surface area contributed by atoms with Crippen LogP contribution in [0.3, 0.4) is 0 Å². The molecular formula is C34H41ClF6N4O6. The predicted octanol–water partition coefficient (Wildman–Crippen LogP) is 5.09. The maximum absolute atomic E-state index is 13.0. The van der Waals surface area contributed by atoms with Gasteiger partial charge in [0.1, 0.15) is 5.75 Å². The van der Waals surface area contributed by atoms with Crippen LogP contribution in [0.4, 0.5) is 26.3 Å². The van der Waals surface area contributed by atoms with Crippen LogP contribution in [-0.2, 0) is 32.0 Å². The molecule has 1 heterocycles. The number of H-pyrrole nitrogens is 1. The van der Waals surface area contributed by atoms with Gasteiger partial charge in [0.05, 0.1) is 25.2 Å². The lowest BCUT2D eigenvalue weighted by molar-refractivity contribution is -0.193. The molecule has 3 rings (SSSR count). The Bertz CT molecular complexity index is 1620. The first-order valence-corrected chi connectivity index (χ1v) is 16.4. The van der Waals surface area contributed by atoms with Crippen LogP contribution in [0.15, 0.2) is 53.3 Å². The quantitative estimate of drug-likeness (QED) is 0.0932. The Kier molecular flexibility index (Phi) is 17.6. The number of likely N-dealkylation sites (N-methyl/N-ethyl adjacent to an activating group) is 1. The zero-order valence-corrected chi connectivity index (χ0v) is 28.9. The lowest BCUT2D eigenvalue weighted by Gasteiger charge is -2.27. The molecule has 282 valence electrons. The summed E-state index contributed by atoms with van der Waals surface area (Å²) in [6.07, 6.45) is -9.70. The number of fused-ring (bicyclic) bond motifs is 1. The zero-order valence-electron chi connectivity index (χ0n) is 28.1. The van der Waals surface area contributed by atoms with E-state index in [-0.39, 0.29) is 17.2 Å². The molecule has 17 heteroatoms. The fourth-order valence-electron chi connectivity index (χ4n) is 4.80. The van der Waals surface area contributed by atoms with E-state index < -0.39 is 23.9 Å². The van der Waals surface area contributed by atoms with Crippen molar-refractivity contribution in [3.63, 3.8) is 0 Å². The summed E-state index contributed by atoms with van der Waals surface area (Å²) < 4.78 is 72.7. The van der Waals surface area contributed by atoms with E-state index in [1.165, 1.54) is 6.07 Å². The van der Waals surface area contributed by atoms with Crippen LogP contribution >= 0.6 is 11.6 Å². The van der Waals surface area contributed by atoms with E-state index in [1.54, 1.807) is 12.1 Å². The zero-order chi connectivity index (χ0) is 38.2. The van der Waals surface area contributed by atoms with Gasteiger partial charge in [-0.15, -0.1) is 0 Å². The van der Waals surface area contributed by atoms with E-state index in [2.05, 4.69) is 29.0 Å². The highest BCUT2D eigenvalue weighted by atomic mass is 35.5. The van der Waals surface area contributed by atoms with Crippen LogP contribution in [0.2, 0.25) is 5.02 Å². The van der Waals surface area contributed by atoms with Crippen LogP contribution in [0.5, 0.6) is 5.75 Å². The second kappa shape index (κ2) is 20.8. The molecule has 0 unspecified atom stereocenters. The van der Waals surface area contributed by atoms with E-state index in [4.69, 9.17) is 16.3 Å². The average Bonchev–Trinajstić information content (AvgIpc) is 3.07. The Labute approximate surface area is 295 Å². The molecule has 51 heavy (non-hydrogen) atoms. The van der Waals surface area contributed by atoms with E-state index in [0.29, 0.717) is 56.4 Å². The molecule has 0 fully saturated rings. The molecule has 2 aromatic carbocycles. The lowest BCUT2D eigenvalue weighted by atomic mass is 10.0. The smallest absolute Gasteiger partial charge is 0.458 e. The molecule has 1 amide bonds. The molecule has 10 nitrogen and oxygen atoms in total. The number of nitrogens with one attached hydrogen (secondary N) is 2. The Balaban J connectivity index is 0.000000641. The van der Waals surface area contributed by atoms with Crippen LogP contribution in [0, 0.1) is 0 Å². The summed E-state index contributed by atoms with van der Waals surface area (Å²) in [4.78, 5) is 50.8. The van der Waals surface area contributed by atoms with Crippen molar-refractivity contribution in [3.05, 3.63) is 75.0 Å². The van der Waals surface area contributed by atoms with E-state index in [1.807, 2.05) is 35.2 Å². The predicted molar refractivity (Wildman–Crippen MR) is 180 cm³/mol. The van der Waals surface area contributed by atoms with Gasteiger partial charge in [-0.3, -0.25) is 19.2 Å². The van der Waals surface area contributed by atoms with Gasteiger partial charge in [-0.2, -0.15) is 26.3 Å². The number of pyridine rings is 1. The second-order valence-electron chi connectivity index (χ2n) is 11.2. The van der Waals surface area contributed by atoms with Crippen molar-refractivity contribution in [2.75, 3.05) is 59.0 Å². The van der Waals surface area contributed by atoms with Crippen LogP contribution < -0.4 is 10.9 Å². The van der Waals surface area contributed by atoms with Gasteiger partial charge < -0.3 is 29.9 Å². The number of alkyl halides is 6. The van der Waals surface area contributed by atoms with Gasteiger partial charge in [0.25, 0.3) is 0 Å². The average molecular weight is 751 g/mol. The summed E-state index contributed by atoms with van der Waals surface area (Å²) >= 11 is 6.04. The Morgan fingerprint density at radius 1 is 0.863 bits per heavy atom. The molecule has 3 aromatic rings. The highest BCUT2D eigenvalue weighted by Crippen LogP contribution is 2.25. The summed E-state index contributed by atoms with van der Waals surface area (Å²) in [6, 6.07) is 14.4. The lowest BCUT2D eigenvalue weighted by Crippen LogP contribution is -2.42. The van der Waals surface area contributed by atoms with Crippen molar-refractivity contribution in [2.24, 2.45) is 0 Å². The number of hydrogen-bond acceptors (Lipinski definition) is 8. The van der Waals surface area contributed by atoms with Crippen LogP contribution in [0.25, 0.3) is 10.9 Å². The van der Waals surface area contributed by atoms with Gasteiger partial charge >= 0.3 is 23.9 Å². The molecule has 0 aliphatic carbocycles. The number of ketones is 2. The maximum Gasteiger partial charge on any atom is 0.458 e. The van der Waals surface area contributed by atoms with Crippen LogP contribution in [0.1, 0.15) is 31.4 Å². The van der Waals surface area contributed by atoms with E-state index >= 15 is 0 Å². The summed E-state index contributed by atoms with van der Waals surface area (Å²) in [6.45, 7) is 10.6. The van der Waals surface area contributed by atoms with Gasteiger partial charge in [-0.25, -0.2) is 0 Å². The fraction of sp³-hybridized carbons (Fsp3) is 0.471. The van der Waals surface area contributed by atoms with Gasteiger partial charge in [0, 0.05) is 42.7 Å². The summed E-state index contributed by atoms with van der Waals surface area (Å²) in [5.41, 5.74) is 2.38. The molecule has 0 saturated heterocycles. The molecule has 1 aromatic heterocycles. The number of rotatable bonds is 18. The van der Waals surface area contributed by atoms with Crippen molar-refractivity contribution in [3.8, 4) is 5.75 Å². The number of aromatic nitrogens is 1. The number of carbonyl (C=O) groups is 3. The molecule has 0 aliphatic rings. The first kappa shape index (κ1) is 43.2. The van der Waals surface area contributed by atoms with Gasteiger partial charge in [0.15, 0.2) is 0 Å². The minimum atomic E-state index is -5.77. The number of amides is 1. The molecule has 0 spiro atoms. The number of aromatic amines is 1. The Morgan fingerprint density at radius 3 is 2.14 bits per heavy atom. The molecule has 3 N–H and O–H groups in total. The van der Waals surface area contributed by atoms with Gasteiger partial charge in [-0.05, 0) is 67.9 Å². The van der Waals surface area contributed by atoms with Crippen LogP contribution in [-0.4, -0.2) is 109 Å². The number of ether oxygens (including phenoxy) is 1. The number of hydrogen-bond donors (Lipinski definition) is 3. The fourth-order valence-corrected chi connectivity index (χ4v) is 5.01. The molecule has 0 aliphatic heterocycles. The first-order valence-electron chi connectivity index (χ1n) is 16.1. The van der Waals surface area contributed by atoms with Crippen molar-refractivity contribution in [2.45, 2.75) is 45.5 Å². The monoisotopic (exact) mass is 750 g/mol. The Morgan fingerprint density at radius 2 is 1.53 bits per heavy atom. The van der Waals surface area contributed by atoms with Gasteiger partial charge in [-0.1, -0.05) is 43.6 Å². The van der Waals surface area contributed by atoms with Crippen molar-refractivity contribution in [1.82, 2.24) is 20.1 Å². The molecule has 0 radical (unpaired) electrons. The topological polar surface area (TPSA) is 132 Å². The number of Topliss-reactive ketones (excluding diaryl/α,β-unsaturated/α-hetero) is 2. The Hall–Kier alpha value is -3.99. The standard InChI is InChI=1S/C30H41ClN4O4.C4F6O2/c1-3-34(4-2)18-19-35(29(38)14-21-39-20-13-23-6-5-7-25(31)22-23)17-16-32-15-12-24-8-10-27(36)30-26(24)9-11-28(37)33-30;5-3(6,7)1(11)2(12)4(8,9)10/h5-11,22,32,36H,3-4,12-21H2,1-2H3,(H,33,37);. The summed E-state index contributed by atoms with van der Waals surface area (Å²) in [5.74, 6) is -6.65. The maximum atomic E-state index is 13.0. The highest BCUT2D eigenvalue weighted by molar-refractivity contribution is 6.41. The number of phenolic OH excluding ortho intramolecular Hbond substituents is 1. The second-order valence-corrected chi connectivity index (χ2v) is 11.6. The van der Waals surface area contributed by atoms with Gasteiger partial charge in [0.2, 0.25) is 11.5 Å². The first-order chi connectivity index (χ1) is 24.0. The summed E-state index contributed by atoms with van der Waals surface area (Å²) in [7, 11) is 0. The number of aromatic hydroxyl groups is 1. The van der Waals surface area contributed by atoms with E-state index in [0.717, 1.165) is 49.0 Å². The number of nitrogens with zero attached hydrogens (tertiary/aromatic N) is 2. The van der Waals surface area contributed by atoms with Crippen molar-refractivity contribution < 1.29 is 50.6 Å². The normalized spacial score (nSPS) is 11.7. The van der Waals surface area contributed by atoms with E-state index in [9.17, 15) is 50.6 Å². The number of halogens is 7. The minimum Gasteiger partial charge on any atom is -0.506 e. The number of phenols is 1. The molecule has 0 atom stereocenters. The SMILES string of the molecule is CCN(CC)CCN(CCNCCc1ccc(O)c2[nH]c(=O)ccc12)C(=O)CCOCCc1cccc(Cl)c1.O=C(C(=O)C(F)(F)F)C(F)(F)F. The molecule has 0 bridgehead atoms. The third-order valence-electron chi connectivity index (χ3n) is 7.63. The van der Waals surface area contributed by atoms with Crippen molar-refractivity contribution in [1.29, 1.82) is 0 Å².